The summed E-state index contributed by atoms with van der Waals surface area (Å²) in [6.45, 7) is 10.0. The fourth-order valence-corrected chi connectivity index (χ4v) is 5.51. The van der Waals surface area contributed by atoms with Crippen molar-refractivity contribution in [2.24, 2.45) is 5.92 Å². The smallest absolute Gasteiger partial charge is 0.326 e. The molecule has 4 rings (SSSR count). The van der Waals surface area contributed by atoms with Gasteiger partial charge in [0.25, 0.3) is 0 Å². The van der Waals surface area contributed by atoms with Gasteiger partial charge in [-0.3, -0.25) is 20.1 Å². The highest BCUT2D eigenvalue weighted by molar-refractivity contribution is 7.18. The SMILES string of the molecule is CC(C)C[C@@]1(C(=O)OC(C)(C)C)C[C@H](c2cnccn2)[C@H](c2nc3ccccc3s2)N1. The summed E-state index contributed by atoms with van der Waals surface area (Å²) in [6.07, 6.45) is 6.46. The van der Waals surface area contributed by atoms with Crippen LogP contribution in [0, 0.1) is 5.92 Å². The molecule has 7 heteroatoms. The van der Waals surface area contributed by atoms with E-state index >= 15 is 0 Å². The fraction of sp³-hybridized carbons (Fsp3) is 0.500. The van der Waals surface area contributed by atoms with Gasteiger partial charge in [-0.25, -0.2) is 4.98 Å². The molecule has 2 aromatic heterocycles. The Morgan fingerprint density at radius 1 is 1.29 bits per heavy atom. The number of esters is 1. The van der Waals surface area contributed by atoms with Crippen molar-refractivity contribution in [3.8, 4) is 0 Å². The third-order valence-electron chi connectivity index (χ3n) is 5.49. The molecule has 0 amide bonds. The summed E-state index contributed by atoms with van der Waals surface area (Å²) >= 11 is 1.66. The Labute approximate surface area is 187 Å². The van der Waals surface area contributed by atoms with Gasteiger partial charge in [0, 0.05) is 24.5 Å². The number of hydrogen-bond donors (Lipinski definition) is 1. The first kappa shape index (κ1) is 21.8. The zero-order valence-electron chi connectivity index (χ0n) is 18.8. The van der Waals surface area contributed by atoms with E-state index in [1.165, 1.54) is 0 Å². The minimum absolute atomic E-state index is 0.0273. The number of rotatable bonds is 5. The molecule has 0 bridgehead atoms. The lowest BCUT2D eigenvalue weighted by Crippen LogP contribution is -2.52. The van der Waals surface area contributed by atoms with Crippen LogP contribution in [0.25, 0.3) is 10.2 Å². The average Bonchev–Trinajstić information content (AvgIpc) is 3.29. The highest BCUT2D eigenvalue weighted by Crippen LogP contribution is 2.48. The van der Waals surface area contributed by atoms with E-state index in [2.05, 4.69) is 35.2 Å². The number of fused-ring (bicyclic) bond motifs is 1. The molecule has 1 aromatic carbocycles. The zero-order chi connectivity index (χ0) is 22.2. The van der Waals surface area contributed by atoms with Crippen LogP contribution in [0.15, 0.2) is 42.9 Å². The lowest BCUT2D eigenvalue weighted by molar-refractivity contribution is -0.163. The maximum Gasteiger partial charge on any atom is 0.326 e. The number of ether oxygens (including phenoxy) is 1. The molecule has 1 aliphatic heterocycles. The molecule has 6 nitrogen and oxygen atoms in total. The number of carbonyl (C=O) groups is 1. The van der Waals surface area contributed by atoms with Crippen LogP contribution in [0.2, 0.25) is 0 Å². The summed E-state index contributed by atoms with van der Waals surface area (Å²) < 4.78 is 7.03. The van der Waals surface area contributed by atoms with Crippen LogP contribution in [0.5, 0.6) is 0 Å². The van der Waals surface area contributed by atoms with E-state index in [0.717, 1.165) is 20.9 Å². The molecule has 3 aromatic rings. The van der Waals surface area contributed by atoms with Gasteiger partial charge in [-0.15, -0.1) is 11.3 Å². The lowest BCUT2D eigenvalue weighted by Gasteiger charge is -2.33. The number of nitrogens with one attached hydrogen (secondary N) is 1. The van der Waals surface area contributed by atoms with E-state index < -0.39 is 11.1 Å². The van der Waals surface area contributed by atoms with E-state index in [-0.39, 0.29) is 17.9 Å². The number of thiazole rings is 1. The summed E-state index contributed by atoms with van der Waals surface area (Å²) in [4.78, 5) is 27.3. The molecule has 1 saturated heterocycles. The Morgan fingerprint density at radius 3 is 2.71 bits per heavy atom. The van der Waals surface area contributed by atoms with Crippen molar-refractivity contribution in [1.29, 1.82) is 0 Å². The van der Waals surface area contributed by atoms with Gasteiger partial charge in [0.2, 0.25) is 0 Å². The van der Waals surface area contributed by atoms with Crippen molar-refractivity contribution >= 4 is 27.5 Å². The minimum Gasteiger partial charge on any atom is -0.459 e. The molecule has 0 aliphatic carbocycles. The topological polar surface area (TPSA) is 77.0 Å². The highest BCUT2D eigenvalue weighted by Gasteiger charge is 2.53. The second-order valence-corrected chi connectivity index (χ2v) is 10.8. The number of para-hydroxylation sites is 1. The first-order chi connectivity index (χ1) is 14.7. The van der Waals surface area contributed by atoms with Gasteiger partial charge in [-0.2, -0.15) is 0 Å². The standard InChI is InChI=1S/C24H30N4O2S/c1-15(2)12-24(22(29)30-23(3,4)5)13-16(18-14-25-10-11-26-18)20(28-24)21-27-17-8-6-7-9-19(17)31-21/h6-11,14-16,20,28H,12-13H2,1-5H3/t16-,20-,24+/m1/s1. The van der Waals surface area contributed by atoms with E-state index in [9.17, 15) is 4.79 Å². The maximum absolute atomic E-state index is 13.5. The van der Waals surface area contributed by atoms with Crippen LogP contribution in [-0.4, -0.2) is 32.1 Å². The second-order valence-electron chi connectivity index (χ2n) is 9.76. The molecule has 1 N–H and O–H groups in total. The van der Waals surface area contributed by atoms with Gasteiger partial charge in [0.15, 0.2) is 0 Å². The van der Waals surface area contributed by atoms with Gasteiger partial charge >= 0.3 is 5.97 Å². The molecule has 1 fully saturated rings. The quantitative estimate of drug-likeness (QED) is 0.563. The van der Waals surface area contributed by atoms with Crippen LogP contribution in [-0.2, 0) is 9.53 Å². The van der Waals surface area contributed by atoms with E-state index in [1.807, 2.05) is 39.0 Å². The van der Waals surface area contributed by atoms with Crippen LogP contribution >= 0.6 is 11.3 Å². The van der Waals surface area contributed by atoms with Crippen molar-refractivity contribution in [1.82, 2.24) is 20.3 Å². The van der Waals surface area contributed by atoms with Gasteiger partial charge in [-0.05, 0) is 51.7 Å². The maximum atomic E-state index is 13.5. The van der Waals surface area contributed by atoms with Crippen LogP contribution in [0.3, 0.4) is 0 Å². The second kappa shape index (κ2) is 8.28. The monoisotopic (exact) mass is 438 g/mol. The fourth-order valence-electron chi connectivity index (χ4n) is 4.43. The molecule has 3 atom stereocenters. The summed E-state index contributed by atoms with van der Waals surface area (Å²) in [5, 5.41) is 4.65. The van der Waals surface area contributed by atoms with E-state index in [4.69, 9.17) is 9.72 Å². The Morgan fingerprint density at radius 2 is 2.06 bits per heavy atom. The largest absolute Gasteiger partial charge is 0.459 e. The number of aromatic nitrogens is 3. The summed E-state index contributed by atoms with van der Waals surface area (Å²) in [7, 11) is 0. The highest BCUT2D eigenvalue weighted by atomic mass is 32.1. The summed E-state index contributed by atoms with van der Waals surface area (Å²) in [5.74, 6) is 0.0865. The molecule has 1 aliphatic rings. The molecule has 3 heterocycles. The molecule has 0 saturated carbocycles. The molecular formula is C24H30N4O2S. The van der Waals surface area contributed by atoms with Crippen LogP contribution < -0.4 is 5.32 Å². The number of carbonyl (C=O) groups excluding carboxylic acids is 1. The molecule has 31 heavy (non-hydrogen) atoms. The van der Waals surface area contributed by atoms with Crippen molar-refractivity contribution in [3.05, 3.63) is 53.6 Å². The Balaban J connectivity index is 1.78. The van der Waals surface area contributed by atoms with Gasteiger partial charge in [-0.1, -0.05) is 26.0 Å². The van der Waals surface area contributed by atoms with Gasteiger partial charge in [0.05, 0.1) is 22.0 Å². The van der Waals surface area contributed by atoms with Crippen LogP contribution in [0.4, 0.5) is 0 Å². The van der Waals surface area contributed by atoms with Crippen molar-refractivity contribution < 1.29 is 9.53 Å². The Hall–Kier alpha value is -2.38. The predicted octanol–water partition coefficient (Wildman–Crippen LogP) is 5.03. The normalized spacial score (nSPS) is 24.1. The zero-order valence-corrected chi connectivity index (χ0v) is 19.6. The third kappa shape index (κ3) is 4.62. The number of hydrogen-bond acceptors (Lipinski definition) is 7. The van der Waals surface area contributed by atoms with Gasteiger partial charge < -0.3 is 4.74 Å². The van der Waals surface area contributed by atoms with E-state index in [1.54, 1.807) is 29.9 Å². The number of nitrogens with zero attached hydrogens (tertiary/aromatic N) is 3. The number of benzene rings is 1. The Kier molecular flexibility index (Phi) is 5.83. The van der Waals surface area contributed by atoms with E-state index in [0.29, 0.717) is 18.8 Å². The predicted molar refractivity (Wildman–Crippen MR) is 123 cm³/mol. The lowest BCUT2D eigenvalue weighted by atomic mass is 9.83. The minimum atomic E-state index is -0.799. The third-order valence-corrected chi connectivity index (χ3v) is 6.61. The first-order valence-electron chi connectivity index (χ1n) is 10.8. The molecular weight excluding hydrogens is 408 g/mol. The molecule has 0 spiro atoms. The molecule has 0 radical (unpaired) electrons. The summed E-state index contributed by atoms with van der Waals surface area (Å²) in [5.41, 5.74) is 0.486. The van der Waals surface area contributed by atoms with Gasteiger partial charge in [0.1, 0.15) is 16.1 Å². The summed E-state index contributed by atoms with van der Waals surface area (Å²) in [6, 6.07) is 7.99. The van der Waals surface area contributed by atoms with Crippen molar-refractivity contribution in [3.63, 3.8) is 0 Å². The van der Waals surface area contributed by atoms with Crippen molar-refractivity contribution in [2.75, 3.05) is 0 Å². The van der Waals surface area contributed by atoms with Crippen molar-refractivity contribution in [2.45, 2.75) is 70.6 Å². The molecule has 0 unspecified atom stereocenters. The first-order valence-corrected chi connectivity index (χ1v) is 11.6. The Bertz CT molecular complexity index is 1030. The average molecular weight is 439 g/mol. The van der Waals surface area contributed by atoms with Crippen LogP contribution in [0.1, 0.15) is 70.1 Å². The molecule has 164 valence electrons.